The number of pyridine rings is 1. The molecule has 0 amide bonds. The number of aliphatic hydroxyl groups excluding tert-OH is 1. The van der Waals surface area contributed by atoms with Crippen LogP contribution in [0.1, 0.15) is 38.4 Å². The molecule has 0 aliphatic carbocycles. The molecule has 0 aliphatic rings. The van der Waals surface area contributed by atoms with E-state index >= 15 is 0 Å². The van der Waals surface area contributed by atoms with Gasteiger partial charge in [0.25, 0.3) is 0 Å². The molecule has 0 saturated heterocycles. The molecule has 4 nitrogen and oxygen atoms in total. The van der Waals surface area contributed by atoms with Crippen molar-refractivity contribution in [3.05, 3.63) is 35.9 Å². The van der Waals surface area contributed by atoms with E-state index in [1.54, 1.807) is 0 Å². The highest BCUT2D eigenvalue weighted by atomic mass is 16.3. The van der Waals surface area contributed by atoms with Crippen LogP contribution in [0.2, 0.25) is 0 Å². The normalized spacial score (nSPS) is 14.2. The molecule has 0 saturated carbocycles. The van der Waals surface area contributed by atoms with Gasteiger partial charge in [0, 0.05) is 18.2 Å². The lowest BCUT2D eigenvalue weighted by Crippen LogP contribution is -2.16. The van der Waals surface area contributed by atoms with E-state index in [9.17, 15) is 5.11 Å². The molecule has 0 bridgehead atoms. The number of aliphatic hydroxyl groups is 1. The quantitative estimate of drug-likeness (QED) is 0.828. The fourth-order valence-corrected chi connectivity index (χ4v) is 1.95. The van der Waals surface area contributed by atoms with Crippen LogP contribution in [0, 0.1) is 0 Å². The molecule has 0 aromatic carbocycles. The van der Waals surface area contributed by atoms with Gasteiger partial charge < -0.3 is 15.2 Å². The molecule has 4 heteroatoms. The number of hydrogen-bond acceptors (Lipinski definition) is 3. The van der Waals surface area contributed by atoms with Crippen LogP contribution in [0.5, 0.6) is 0 Å². The van der Waals surface area contributed by atoms with E-state index in [4.69, 9.17) is 5.73 Å². The van der Waals surface area contributed by atoms with Crippen molar-refractivity contribution in [3.8, 4) is 0 Å². The minimum Gasteiger partial charge on any atom is -0.385 e. The van der Waals surface area contributed by atoms with Gasteiger partial charge in [-0.2, -0.15) is 0 Å². The van der Waals surface area contributed by atoms with Crippen LogP contribution in [-0.4, -0.2) is 21.0 Å². The molecule has 17 heavy (non-hydrogen) atoms. The van der Waals surface area contributed by atoms with Crippen molar-refractivity contribution in [3.63, 3.8) is 0 Å². The van der Waals surface area contributed by atoms with Gasteiger partial charge in [0.2, 0.25) is 0 Å². The summed E-state index contributed by atoms with van der Waals surface area (Å²) >= 11 is 0. The summed E-state index contributed by atoms with van der Waals surface area (Å²) < 4.78 is 2.02. The maximum absolute atomic E-state index is 9.91. The van der Waals surface area contributed by atoms with Crippen molar-refractivity contribution in [2.45, 2.75) is 32.3 Å². The van der Waals surface area contributed by atoms with E-state index in [1.165, 1.54) is 0 Å². The molecule has 0 aliphatic heterocycles. The van der Waals surface area contributed by atoms with E-state index in [1.807, 2.05) is 28.8 Å². The summed E-state index contributed by atoms with van der Waals surface area (Å²) in [7, 11) is 0. The largest absolute Gasteiger partial charge is 0.385 e. The molecule has 2 aromatic heterocycles. The van der Waals surface area contributed by atoms with E-state index in [0.29, 0.717) is 5.69 Å². The van der Waals surface area contributed by atoms with Crippen LogP contribution >= 0.6 is 0 Å². The Morgan fingerprint density at radius 3 is 2.71 bits per heavy atom. The Labute approximate surface area is 101 Å². The standard InChI is InChI=1S/C13H19N3O/c1-13(2,3)12-15-11(10(17)8-14)9-6-4-5-7-16(9)12/h4-7,10,17H,8,14H2,1-3H3. The average Bonchev–Trinajstić information content (AvgIpc) is 2.67. The summed E-state index contributed by atoms with van der Waals surface area (Å²) in [6.45, 7) is 6.50. The maximum atomic E-state index is 9.91. The number of hydrogen-bond donors (Lipinski definition) is 2. The highest BCUT2D eigenvalue weighted by Gasteiger charge is 2.24. The first-order valence-electron chi connectivity index (χ1n) is 5.80. The van der Waals surface area contributed by atoms with Crippen LogP contribution in [-0.2, 0) is 5.41 Å². The summed E-state index contributed by atoms with van der Waals surface area (Å²) in [5.74, 6) is 0.940. The summed E-state index contributed by atoms with van der Waals surface area (Å²) in [4.78, 5) is 4.56. The predicted octanol–water partition coefficient (Wildman–Crippen LogP) is 1.62. The predicted molar refractivity (Wildman–Crippen MR) is 67.9 cm³/mol. The summed E-state index contributed by atoms with van der Waals surface area (Å²) in [5.41, 5.74) is 7.03. The Bertz CT molecular complexity index is 525. The second kappa shape index (κ2) is 4.13. The van der Waals surface area contributed by atoms with Crippen molar-refractivity contribution in [1.29, 1.82) is 0 Å². The first-order valence-corrected chi connectivity index (χ1v) is 5.80. The lowest BCUT2D eigenvalue weighted by Gasteiger charge is -2.16. The van der Waals surface area contributed by atoms with Crippen LogP contribution in [0.15, 0.2) is 24.4 Å². The molecule has 2 aromatic rings. The Morgan fingerprint density at radius 2 is 2.12 bits per heavy atom. The Morgan fingerprint density at radius 1 is 1.41 bits per heavy atom. The topological polar surface area (TPSA) is 63.5 Å². The monoisotopic (exact) mass is 233 g/mol. The van der Waals surface area contributed by atoms with Crippen molar-refractivity contribution >= 4 is 5.52 Å². The second-order valence-electron chi connectivity index (χ2n) is 5.28. The van der Waals surface area contributed by atoms with Crippen LogP contribution in [0.4, 0.5) is 0 Å². The number of nitrogens with zero attached hydrogens (tertiary/aromatic N) is 2. The lowest BCUT2D eigenvalue weighted by molar-refractivity contribution is 0.183. The lowest BCUT2D eigenvalue weighted by atomic mass is 9.96. The third-order valence-corrected chi connectivity index (χ3v) is 2.79. The van der Waals surface area contributed by atoms with E-state index in [0.717, 1.165) is 11.3 Å². The summed E-state index contributed by atoms with van der Waals surface area (Å²) in [6, 6.07) is 5.86. The highest BCUT2D eigenvalue weighted by Crippen LogP contribution is 2.27. The van der Waals surface area contributed by atoms with E-state index in [2.05, 4.69) is 25.8 Å². The van der Waals surface area contributed by atoms with Crippen LogP contribution in [0.25, 0.3) is 5.52 Å². The molecular formula is C13H19N3O. The Balaban J connectivity index is 2.71. The molecule has 1 unspecified atom stereocenters. The van der Waals surface area contributed by atoms with Crippen molar-refractivity contribution in [2.24, 2.45) is 5.73 Å². The molecule has 0 radical (unpaired) electrons. The van der Waals surface area contributed by atoms with Crippen molar-refractivity contribution in [1.82, 2.24) is 9.38 Å². The molecule has 2 rings (SSSR count). The zero-order valence-corrected chi connectivity index (χ0v) is 10.5. The fourth-order valence-electron chi connectivity index (χ4n) is 1.95. The first-order chi connectivity index (χ1) is 7.95. The molecule has 92 valence electrons. The van der Waals surface area contributed by atoms with Gasteiger partial charge in [-0.15, -0.1) is 0 Å². The molecule has 0 fully saturated rings. The zero-order chi connectivity index (χ0) is 12.6. The Hall–Kier alpha value is -1.39. The van der Waals surface area contributed by atoms with Crippen molar-refractivity contribution < 1.29 is 5.11 Å². The number of aromatic nitrogens is 2. The smallest absolute Gasteiger partial charge is 0.119 e. The molecule has 0 spiro atoms. The Kier molecular flexibility index (Phi) is 2.93. The van der Waals surface area contributed by atoms with Gasteiger partial charge in [0.15, 0.2) is 0 Å². The van der Waals surface area contributed by atoms with Crippen molar-refractivity contribution in [2.75, 3.05) is 6.54 Å². The van der Waals surface area contributed by atoms with Gasteiger partial charge in [-0.25, -0.2) is 4.98 Å². The fraction of sp³-hybridized carbons (Fsp3) is 0.462. The second-order valence-corrected chi connectivity index (χ2v) is 5.28. The summed E-state index contributed by atoms with van der Waals surface area (Å²) in [6.07, 6.45) is 1.26. The minimum absolute atomic E-state index is 0.0726. The first kappa shape index (κ1) is 12.1. The van der Waals surface area contributed by atoms with Gasteiger partial charge in [-0.3, -0.25) is 0 Å². The molecular weight excluding hydrogens is 214 g/mol. The van der Waals surface area contributed by atoms with Gasteiger partial charge in [-0.05, 0) is 12.1 Å². The SMILES string of the molecule is CC(C)(C)c1nc(C(O)CN)c2ccccn12. The summed E-state index contributed by atoms with van der Waals surface area (Å²) in [5, 5.41) is 9.91. The van der Waals surface area contributed by atoms with Gasteiger partial charge >= 0.3 is 0 Å². The van der Waals surface area contributed by atoms with Gasteiger partial charge in [0.1, 0.15) is 11.9 Å². The number of fused-ring (bicyclic) bond motifs is 1. The molecule has 3 N–H and O–H groups in total. The zero-order valence-electron chi connectivity index (χ0n) is 10.5. The van der Waals surface area contributed by atoms with E-state index in [-0.39, 0.29) is 12.0 Å². The van der Waals surface area contributed by atoms with Gasteiger partial charge in [0.05, 0.1) is 11.2 Å². The van der Waals surface area contributed by atoms with Crippen LogP contribution < -0.4 is 5.73 Å². The number of rotatable bonds is 2. The van der Waals surface area contributed by atoms with E-state index < -0.39 is 6.10 Å². The van der Waals surface area contributed by atoms with Crippen LogP contribution in [0.3, 0.4) is 0 Å². The number of imidazole rings is 1. The highest BCUT2D eigenvalue weighted by molar-refractivity contribution is 5.54. The molecule has 1 atom stereocenters. The minimum atomic E-state index is -0.705. The number of nitrogens with two attached hydrogens (primary N) is 1. The maximum Gasteiger partial charge on any atom is 0.119 e. The van der Waals surface area contributed by atoms with Gasteiger partial charge in [-0.1, -0.05) is 26.8 Å². The third kappa shape index (κ3) is 2.06. The molecule has 2 heterocycles. The average molecular weight is 233 g/mol. The third-order valence-electron chi connectivity index (χ3n) is 2.79.